The first kappa shape index (κ1) is 23.6. The first-order chi connectivity index (χ1) is 17.7. The standard InChI is InChI=1S/C26H31N9O2/c1-13(12-36)35-21-11-33(5)10-14(2)37-26-22(15(3)31-34(26)6)20-8-19-23(16(4)28-20)29-30-24(19)17-7-18(21)25(32-35)27-9-17/h7-9,13-14,36H,10-12H2,1-6H3,(H,29,30)/t13-,14-/m0/s1. The molecule has 0 radical (unpaired) electrons. The largest absolute Gasteiger partial charge is 0.473 e. The van der Waals surface area contributed by atoms with E-state index < -0.39 is 0 Å². The third kappa shape index (κ3) is 3.77. The predicted octanol–water partition coefficient (Wildman–Crippen LogP) is 3.15. The van der Waals surface area contributed by atoms with Crippen LogP contribution in [0.4, 0.5) is 0 Å². The minimum atomic E-state index is -0.181. The number of aryl methyl sites for hydroxylation is 3. The third-order valence-corrected chi connectivity index (χ3v) is 7.07. The number of aliphatic hydroxyl groups excluding tert-OH is 1. The zero-order valence-electron chi connectivity index (χ0n) is 21.9. The Morgan fingerprint density at radius 3 is 2.76 bits per heavy atom. The Morgan fingerprint density at radius 1 is 1.16 bits per heavy atom. The topological polar surface area (TPSA) is 123 Å². The average molecular weight is 502 g/mol. The molecular formula is C26H31N9O2. The zero-order valence-corrected chi connectivity index (χ0v) is 21.9. The van der Waals surface area contributed by atoms with Gasteiger partial charge in [-0.3, -0.25) is 19.7 Å². The summed E-state index contributed by atoms with van der Waals surface area (Å²) in [6.45, 7) is 9.24. The molecule has 0 saturated carbocycles. The SMILES string of the molecule is Cc1nn(C)c2c1-c1cc3c(n[nH]c3c(C)n1)-c1cnc3nn([C@@H](C)CO)c(c3c1)CN(C)C[C@H](C)O2. The molecule has 0 unspecified atom stereocenters. The number of hydrogen-bond acceptors (Lipinski definition) is 8. The van der Waals surface area contributed by atoms with E-state index in [9.17, 15) is 5.11 Å². The van der Waals surface area contributed by atoms with Crippen LogP contribution in [0.3, 0.4) is 0 Å². The van der Waals surface area contributed by atoms with Gasteiger partial charge in [-0.1, -0.05) is 0 Å². The maximum atomic E-state index is 9.92. The van der Waals surface area contributed by atoms with Crippen LogP contribution in [0.25, 0.3) is 44.5 Å². The summed E-state index contributed by atoms with van der Waals surface area (Å²) in [5, 5.41) is 29.1. The van der Waals surface area contributed by atoms with E-state index in [2.05, 4.69) is 46.3 Å². The summed E-state index contributed by atoms with van der Waals surface area (Å²) < 4.78 is 10.2. The molecule has 2 atom stereocenters. The number of hydrogen-bond donors (Lipinski definition) is 2. The number of pyridine rings is 2. The molecule has 0 aromatic carbocycles. The van der Waals surface area contributed by atoms with Gasteiger partial charge in [-0.25, -0.2) is 9.67 Å². The van der Waals surface area contributed by atoms with Crippen LogP contribution in [0.1, 0.15) is 37.0 Å². The summed E-state index contributed by atoms with van der Waals surface area (Å²) >= 11 is 0. The molecule has 6 rings (SSSR count). The summed E-state index contributed by atoms with van der Waals surface area (Å²) in [6, 6.07) is 3.97. The normalized spacial score (nSPS) is 17.2. The summed E-state index contributed by atoms with van der Waals surface area (Å²) in [7, 11) is 3.95. The molecule has 0 aliphatic carbocycles. The van der Waals surface area contributed by atoms with Gasteiger partial charge in [-0.15, -0.1) is 0 Å². The molecule has 11 heteroatoms. The summed E-state index contributed by atoms with van der Waals surface area (Å²) in [4.78, 5) is 11.8. The van der Waals surface area contributed by atoms with E-state index in [-0.39, 0.29) is 18.8 Å². The molecule has 0 amide bonds. The minimum Gasteiger partial charge on any atom is -0.473 e. The monoisotopic (exact) mass is 501 g/mol. The Bertz CT molecular complexity index is 1650. The molecule has 37 heavy (non-hydrogen) atoms. The van der Waals surface area contributed by atoms with Gasteiger partial charge in [-0.05, 0) is 46.9 Å². The van der Waals surface area contributed by atoms with Crippen molar-refractivity contribution in [2.75, 3.05) is 20.2 Å². The average Bonchev–Trinajstić information content (AvgIpc) is 3.51. The maximum absolute atomic E-state index is 9.92. The molecule has 6 heterocycles. The number of fused-ring (bicyclic) bond motifs is 5. The number of nitrogens with zero attached hydrogens (tertiary/aromatic N) is 8. The fourth-order valence-corrected chi connectivity index (χ4v) is 5.34. The van der Waals surface area contributed by atoms with Crippen molar-refractivity contribution in [2.24, 2.45) is 7.05 Å². The van der Waals surface area contributed by atoms with Crippen LogP contribution in [0, 0.1) is 13.8 Å². The van der Waals surface area contributed by atoms with Crippen LogP contribution in [-0.2, 0) is 13.6 Å². The molecule has 1 aliphatic rings. The molecule has 192 valence electrons. The van der Waals surface area contributed by atoms with E-state index in [0.29, 0.717) is 24.6 Å². The Balaban J connectivity index is 1.65. The maximum Gasteiger partial charge on any atom is 0.221 e. The Morgan fingerprint density at radius 2 is 1.97 bits per heavy atom. The number of aliphatic hydroxyl groups is 1. The lowest BCUT2D eigenvalue weighted by Crippen LogP contribution is -2.32. The van der Waals surface area contributed by atoms with E-state index in [4.69, 9.17) is 19.8 Å². The second kappa shape index (κ2) is 8.63. The van der Waals surface area contributed by atoms with Gasteiger partial charge in [-0.2, -0.15) is 15.3 Å². The first-order valence-electron chi connectivity index (χ1n) is 12.5. The van der Waals surface area contributed by atoms with E-state index in [1.165, 1.54) is 0 Å². The Labute approximate surface area is 214 Å². The molecule has 2 N–H and O–H groups in total. The quantitative estimate of drug-likeness (QED) is 0.378. The van der Waals surface area contributed by atoms with Gasteiger partial charge in [0.25, 0.3) is 0 Å². The first-order valence-corrected chi connectivity index (χ1v) is 12.5. The van der Waals surface area contributed by atoms with Crippen LogP contribution in [0.5, 0.6) is 5.88 Å². The highest BCUT2D eigenvalue weighted by Crippen LogP contribution is 2.37. The van der Waals surface area contributed by atoms with E-state index >= 15 is 0 Å². The number of ether oxygens (including phenoxy) is 1. The van der Waals surface area contributed by atoms with Crippen molar-refractivity contribution in [1.82, 2.24) is 44.6 Å². The molecule has 0 saturated heterocycles. The van der Waals surface area contributed by atoms with Crippen LogP contribution < -0.4 is 4.74 Å². The van der Waals surface area contributed by atoms with E-state index in [0.717, 1.165) is 55.9 Å². The van der Waals surface area contributed by atoms with Gasteiger partial charge in [0.2, 0.25) is 5.88 Å². The summed E-state index contributed by atoms with van der Waals surface area (Å²) in [6.07, 6.45) is 1.69. The zero-order chi connectivity index (χ0) is 26.0. The lowest BCUT2D eigenvalue weighted by molar-refractivity contribution is 0.145. The van der Waals surface area contributed by atoms with Crippen LogP contribution >= 0.6 is 0 Å². The van der Waals surface area contributed by atoms with Crippen molar-refractivity contribution in [2.45, 2.75) is 46.4 Å². The van der Waals surface area contributed by atoms with Crippen molar-refractivity contribution in [1.29, 1.82) is 0 Å². The number of rotatable bonds is 2. The molecular weight excluding hydrogens is 470 g/mol. The third-order valence-electron chi connectivity index (χ3n) is 7.07. The molecule has 1 aliphatic heterocycles. The fraction of sp³-hybridized carbons (Fsp3) is 0.423. The van der Waals surface area contributed by atoms with Gasteiger partial charge in [0.05, 0.1) is 46.5 Å². The van der Waals surface area contributed by atoms with Crippen molar-refractivity contribution >= 4 is 21.9 Å². The molecule has 0 spiro atoms. The van der Waals surface area contributed by atoms with Gasteiger partial charge < -0.3 is 9.84 Å². The van der Waals surface area contributed by atoms with Crippen molar-refractivity contribution in [3.05, 3.63) is 35.4 Å². The Hall–Kier alpha value is -3.83. The summed E-state index contributed by atoms with van der Waals surface area (Å²) in [5.41, 5.74) is 7.58. The molecule has 0 fully saturated rings. The highest BCUT2D eigenvalue weighted by molar-refractivity contribution is 5.97. The van der Waals surface area contributed by atoms with Gasteiger partial charge in [0, 0.05) is 42.7 Å². The van der Waals surface area contributed by atoms with Crippen LogP contribution in [-0.4, -0.2) is 76.0 Å². The molecule has 5 aromatic heterocycles. The van der Waals surface area contributed by atoms with Crippen molar-refractivity contribution < 1.29 is 9.84 Å². The highest BCUT2D eigenvalue weighted by atomic mass is 16.5. The van der Waals surface area contributed by atoms with Crippen molar-refractivity contribution in [3.63, 3.8) is 0 Å². The Kier molecular flexibility index (Phi) is 5.50. The van der Waals surface area contributed by atoms with Crippen molar-refractivity contribution in [3.8, 4) is 28.4 Å². The number of likely N-dealkylation sites (N-methyl/N-ethyl adjacent to an activating group) is 1. The van der Waals surface area contributed by atoms with Gasteiger partial charge in [0.1, 0.15) is 11.8 Å². The number of aromatic amines is 1. The molecule has 5 aromatic rings. The number of H-pyrrole nitrogens is 1. The number of nitrogens with one attached hydrogen (secondary N) is 1. The fourth-order valence-electron chi connectivity index (χ4n) is 5.34. The highest BCUT2D eigenvalue weighted by Gasteiger charge is 2.25. The predicted molar refractivity (Wildman–Crippen MR) is 140 cm³/mol. The van der Waals surface area contributed by atoms with Gasteiger partial charge >= 0.3 is 0 Å². The van der Waals surface area contributed by atoms with Crippen LogP contribution in [0.2, 0.25) is 0 Å². The number of aromatic nitrogens is 8. The second-order valence-corrected chi connectivity index (χ2v) is 10.1. The van der Waals surface area contributed by atoms with Crippen LogP contribution in [0.15, 0.2) is 18.3 Å². The van der Waals surface area contributed by atoms with E-state index in [1.54, 1.807) is 4.68 Å². The minimum absolute atomic E-state index is 0.0151. The molecule has 4 bridgehead atoms. The summed E-state index contributed by atoms with van der Waals surface area (Å²) in [5.74, 6) is 0.688. The van der Waals surface area contributed by atoms with E-state index in [1.807, 2.05) is 38.7 Å². The van der Waals surface area contributed by atoms with Gasteiger partial charge in [0.15, 0.2) is 5.65 Å². The smallest absolute Gasteiger partial charge is 0.221 e. The lowest BCUT2D eigenvalue weighted by Gasteiger charge is -2.24. The lowest BCUT2D eigenvalue weighted by atomic mass is 10.0. The molecule has 11 nitrogen and oxygen atoms in total. The second-order valence-electron chi connectivity index (χ2n) is 10.1.